The van der Waals surface area contributed by atoms with Crippen molar-refractivity contribution in [3.63, 3.8) is 0 Å². The lowest BCUT2D eigenvalue weighted by molar-refractivity contribution is -0.127. The first kappa shape index (κ1) is 12.2. The fourth-order valence-corrected chi connectivity index (χ4v) is 3.03. The number of sulfonamides is 1. The van der Waals surface area contributed by atoms with E-state index in [2.05, 4.69) is 6.58 Å². The summed E-state index contributed by atoms with van der Waals surface area (Å²) in [6.07, 6.45) is 2.22. The van der Waals surface area contributed by atoms with Gasteiger partial charge in [-0.2, -0.15) is 0 Å². The molecule has 6 heteroatoms. The van der Waals surface area contributed by atoms with Crippen LogP contribution in [0.2, 0.25) is 0 Å². The van der Waals surface area contributed by atoms with Gasteiger partial charge in [0.25, 0.3) is 0 Å². The number of rotatable bonds is 3. The first-order valence-electron chi connectivity index (χ1n) is 4.74. The van der Waals surface area contributed by atoms with Crippen molar-refractivity contribution in [2.45, 2.75) is 18.6 Å². The average molecular weight is 232 g/mol. The lowest BCUT2D eigenvalue weighted by atomic mass is 10.1. The molecular weight excluding hydrogens is 216 g/mol. The zero-order valence-electron chi connectivity index (χ0n) is 8.72. The normalized spacial score (nSPS) is 26.7. The quantitative estimate of drug-likeness (QED) is 0.678. The third kappa shape index (κ3) is 2.79. The van der Waals surface area contributed by atoms with E-state index in [0.717, 1.165) is 0 Å². The molecule has 2 atom stereocenters. The van der Waals surface area contributed by atoms with E-state index in [9.17, 15) is 13.2 Å². The van der Waals surface area contributed by atoms with Crippen LogP contribution in [0.3, 0.4) is 0 Å². The molecule has 2 N–H and O–H groups in total. The summed E-state index contributed by atoms with van der Waals surface area (Å²) >= 11 is 0. The molecule has 0 aromatic carbocycles. The Labute approximate surface area is 90.0 Å². The highest BCUT2D eigenvalue weighted by atomic mass is 32.2. The van der Waals surface area contributed by atoms with Gasteiger partial charge in [-0.05, 0) is 12.3 Å². The summed E-state index contributed by atoms with van der Waals surface area (Å²) in [4.78, 5) is 12.6. The fraction of sp³-hybridized carbons (Fsp3) is 0.667. The van der Waals surface area contributed by atoms with Gasteiger partial charge in [0.1, 0.15) is 0 Å². The number of carbonyl (C=O) groups excluding carboxylic acids is 1. The molecular formula is C9H16N2O3S. The number of hydrogen-bond donors (Lipinski definition) is 1. The van der Waals surface area contributed by atoms with E-state index >= 15 is 0 Å². The molecule has 0 aromatic heterocycles. The number of allylic oxidation sites excluding steroid dienone is 1. The van der Waals surface area contributed by atoms with E-state index in [0.29, 0.717) is 13.0 Å². The Kier molecular flexibility index (Phi) is 3.51. The summed E-state index contributed by atoms with van der Waals surface area (Å²) < 4.78 is 22.6. The number of nitrogens with two attached hydrogens (primary N) is 1. The largest absolute Gasteiger partial charge is 0.341 e. The Hall–Kier alpha value is -0.880. The first-order chi connectivity index (χ1) is 6.86. The maximum absolute atomic E-state index is 11.3. The van der Waals surface area contributed by atoms with Crippen molar-refractivity contribution in [1.82, 2.24) is 4.90 Å². The highest BCUT2D eigenvalue weighted by Gasteiger charge is 2.39. The van der Waals surface area contributed by atoms with Gasteiger partial charge in [0, 0.05) is 20.0 Å². The number of likely N-dealkylation sites (tertiary alicyclic amines) is 1. The molecule has 1 fully saturated rings. The first-order valence-corrected chi connectivity index (χ1v) is 6.35. The van der Waals surface area contributed by atoms with Crippen molar-refractivity contribution in [3.8, 4) is 0 Å². The Morgan fingerprint density at radius 3 is 2.60 bits per heavy atom. The molecule has 0 saturated carbocycles. The summed E-state index contributed by atoms with van der Waals surface area (Å²) in [5, 5.41) is 4.47. The summed E-state index contributed by atoms with van der Waals surface area (Å²) in [6.45, 7) is 5.65. The van der Waals surface area contributed by atoms with Crippen LogP contribution in [0, 0.1) is 5.92 Å². The van der Waals surface area contributed by atoms with E-state index in [1.165, 1.54) is 11.8 Å². The Bertz CT molecular complexity index is 364. The second-order valence-electron chi connectivity index (χ2n) is 3.84. The van der Waals surface area contributed by atoms with Crippen LogP contribution in [0.1, 0.15) is 13.3 Å². The van der Waals surface area contributed by atoms with Gasteiger partial charge in [-0.1, -0.05) is 6.08 Å². The molecule has 86 valence electrons. The molecule has 1 amide bonds. The number of amides is 1. The smallest absolute Gasteiger partial charge is 0.219 e. The van der Waals surface area contributed by atoms with Crippen LogP contribution in [0.15, 0.2) is 12.7 Å². The third-order valence-electron chi connectivity index (χ3n) is 2.72. The number of nitrogens with zero attached hydrogens (tertiary/aromatic N) is 1. The third-order valence-corrected chi connectivity index (χ3v) is 4.10. The molecule has 1 rings (SSSR count). The summed E-state index contributed by atoms with van der Waals surface area (Å²) in [5.74, 6) is -0.239. The van der Waals surface area contributed by atoms with Crippen LogP contribution < -0.4 is 5.14 Å². The van der Waals surface area contributed by atoms with Gasteiger partial charge in [-0.3, -0.25) is 4.79 Å². The molecule has 0 aliphatic carbocycles. The zero-order valence-corrected chi connectivity index (χ0v) is 9.53. The van der Waals surface area contributed by atoms with Gasteiger partial charge in [0.15, 0.2) is 0 Å². The minimum Gasteiger partial charge on any atom is -0.341 e. The molecule has 0 radical (unpaired) electrons. The predicted molar refractivity (Wildman–Crippen MR) is 57.5 cm³/mol. The Balaban J connectivity index is 2.85. The summed E-state index contributed by atoms with van der Waals surface area (Å²) in [5.41, 5.74) is 0. The maximum atomic E-state index is 11.3. The van der Waals surface area contributed by atoms with Crippen molar-refractivity contribution in [3.05, 3.63) is 12.7 Å². The number of primary sulfonamides is 1. The van der Waals surface area contributed by atoms with Crippen molar-refractivity contribution < 1.29 is 13.2 Å². The van der Waals surface area contributed by atoms with E-state index < -0.39 is 15.3 Å². The minimum absolute atomic E-state index is 0.116. The molecule has 0 unspecified atom stereocenters. The lowest BCUT2D eigenvalue weighted by Gasteiger charge is -2.13. The van der Waals surface area contributed by atoms with Crippen molar-refractivity contribution >= 4 is 15.9 Å². The molecule has 0 spiro atoms. The fourth-order valence-electron chi connectivity index (χ4n) is 1.91. The van der Waals surface area contributed by atoms with Crippen molar-refractivity contribution in [1.29, 1.82) is 0 Å². The van der Waals surface area contributed by atoms with Gasteiger partial charge < -0.3 is 4.90 Å². The van der Waals surface area contributed by atoms with Crippen LogP contribution in [-0.4, -0.2) is 37.6 Å². The second kappa shape index (κ2) is 4.32. The standard InChI is InChI=1S/C9H16N2O3S/c1-3-4-8-5-11(7(2)12)6-9(8)15(10,13)14/h3,8-9H,1,4-6H2,2H3,(H2,10,13,14)/t8-,9-/m0/s1. The topological polar surface area (TPSA) is 80.5 Å². The van der Waals surface area contributed by atoms with Crippen LogP contribution in [0.5, 0.6) is 0 Å². The van der Waals surface area contributed by atoms with E-state index in [1.54, 1.807) is 6.08 Å². The molecule has 0 bridgehead atoms. The lowest BCUT2D eigenvalue weighted by Crippen LogP contribution is -2.35. The monoisotopic (exact) mass is 232 g/mol. The highest BCUT2D eigenvalue weighted by Crippen LogP contribution is 2.25. The van der Waals surface area contributed by atoms with E-state index in [1.807, 2.05) is 0 Å². The van der Waals surface area contributed by atoms with Gasteiger partial charge in [-0.15, -0.1) is 6.58 Å². The SMILES string of the molecule is C=CC[C@H]1CN(C(C)=O)C[C@@H]1S(N)(=O)=O. The van der Waals surface area contributed by atoms with Crippen LogP contribution in [0.4, 0.5) is 0 Å². The van der Waals surface area contributed by atoms with Crippen LogP contribution >= 0.6 is 0 Å². The van der Waals surface area contributed by atoms with Crippen molar-refractivity contribution in [2.24, 2.45) is 11.1 Å². The average Bonchev–Trinajstić information content (AvgIpc) is 2.48. The van der Waals surface area contributed by atoms with Gasteiger partial charge in [0.2, 0.25) is 15.9 Å². The van der Waals surface area contributed by atoms with Crippen LogP contribution in [0.25, 0.3) is 0 Å². The highest BCUT2D eigenvalue weighted by molar-refractivity contribution is 7.89. The van der Waals surface area contributed by atoms with E-state index in [4.69, 9.17) is 5.14 Å². The predicted octanol–water partition coefficient (Wildman–Crippen LogP) is -0.302. The molecule has 15 heavy (non-hydrogen) atoms. The summed E-state index contributed by atoms with van der Waals surface area (Å²) in [6, 6.07) is 0. The molecule has 1 aliphatic rings. The van der Waals surface area contributed by atoms with Crippen molar-refractivity contribution in [2.75, 3.05) is 13.1 Å². The molecule has 1 heterocycles. The van der Waals surface area contributed by atoms with Crippen LogP contribution in [-0.2, 0) is 14.8 Å². The molecule has 1 aliphatic heterocycles. The summed E-state index contributed by atoms with van der Waals surface area (Å²) in [7, 11) is -3.58. The number of carbonyl (C=O) groups is 1. The van der Waals surface area contributed by atoms with Gasteiger partial charge >= 0.3 is 0 Å². The number of hydrogen-bond acceptors (Lipinski definition) is 3. The molecule has 1 saturated heterocycles. The molecule has 5 nitrogen and oxygen atoms in total. The van der Waals surface area contributed by atoms with E-state index in [-0.39, 0.29) is 18.4 Å². The second-order valence-corrected chi connectivity index (χ2v) is 5.62. The Morgan fingerprint density at radius 2 is 2.20 bits per heavy atom. The minimum atomic E-state index is -3.58. The van der Waals surface area contributed by atoms with Gasteiger partial charge in [0.05, 0.1) is 5.25 Å². The zero-order chi connectivity index (χ0) is 11.6. The Morgan fingerprint density at radius 1 is 1.60 bits per heavy atom. The maximum Gasteiger partial charge on any atom is 0.219 e. The molecule has 0 aromatic rings. The van der Waals surface area contributed by atoms with Gasteiger partial charge in [-0.25, -0.2) is 13.6 Å².